The van der Waals surface area contributed by atoms with Crippen molar-refractivity contribution in [1.29, 1.82) is 0 Å². The molecule has 2 atom stereocenters. The predicted octanol–water partition coefficient (Wildman–Crippen LogP) is 2.83. The molecule has 5 rings (SSSR count). The van der Waals surface area contributed by atoms with Crippen molar-refractivity contribution in [2.75, 3.05) is 18.0 Å². The summed E-state index contributed by atoms with van der Waals surface area (Å²) in [6, 6.07) is 2.32. The standard InChI is InChI=1S/C17H18BrFN4O/c18-11-5-15-16(14(19)6-20-22(15)7-11)21-8-12-3-4-13(9-21)23(12)17(24)10-1-2-10/h5-7,10,12-13H,1-4,8-9H2. The lowest BCUT2D eigenvalue weighted by atomic mass is 10.1. The number of amides is 1. The first-order valence-corrected chi connectivity index (χ1v) is 9.30. The van der Waals surface area contributed by atoms with Gasteiger partial charge in [-0.25, -0.2) is 8.91 Å². The Bertz CT molecular complexity index is 819. The fraction of sp³-hybridized carbons (Fsp3) is 0.529. The van der Waals surface area contributed by atoms with Crippen LogP contribution in [-0.4, -0.2) is 45.6 Å². The third-order valence-electron chi connectivity index (χ3n) is 5.51. The number of anilines is 1. The van der Waals surface area contributed by atoms with Gasteiger partial charge >= 0.3 is 0 Å². The van der Waals surface area contributed by atoms with E-state index >= 15 is 0 Å². The van der Waals surface area contributed by atoms with Crippen molar-refractivity contribution in [3.63, 3.8) is 0 Å². The minimum Gasteiger partial charge on any atom is -0.363 e. The van der Waals surface area contributed by atoms with Crippen LogP contribution >= 0.6 is 15.9 Å². The van der Waals surface area contributed by atoms with Crippen molar-refractivity contribution in [2.45, 2.75) is 37.8 Å². The Kier molecular flexibility index (Phi) is 3.17. The minimum absolute atomic E-state index is 0.211. The summed E-state index contributed by atoms with van der Waals surface area (Å²) in [6.45, 7) is 1.41. The number of fused-ring (bicyclic) bond motifs is 3. The first-order valence-electron chi connectivity index (χ1n) is 8.51. The molecule has 2 bridgehead atoms. The second-order valence-electron chi connectivity index (χ2n) is 7.14. The SMILES string of the molecule is O=C(C1CC1)N1C2CCC1CN(c1c(F)cnn3cc(Br)cc13)C2. The molecule has 7 heteroatoms. The van der Waals surface area contributed by atoms with Gasteiger partial charge in [0.25, 0.3) is 0 Å². The molecule has 4 heterocycles. The molecule has 2 aromatic heterocycles. The summed E-state index contributed by atoms with van der Waals surface area (Å²) in [5.74, 6) is 0.285. The van der Waals surface area contributed by atoms with E-state index in [9.17, 15) is 9.18 Å². The summed E-state index contributed by atoms with van der Waals surface area (Å²) in [4.78, 5) is 16.8. The van der Waals surface area contributed by atoms with Crippen LogP contribution in [0.4, 0.5) is 10.1 Å². The zero-order valence-corrected chi connectivity index (χ0v) is 14.7. The highest BCUT2D eigenvalue weighted by Gasteiger charge is 2.47. The Balaban J connectivity index is 1.50. The number of hydrogen-bond donors (Lipinski definition) is 0. The van der Waals surface area contributed by atoms with E-state index in [4.69, 9.17) is 0 Å². The van der Waals surface area contributed by atoms with E-state index in [0.29, 0.717) is 24.7 Å². The van der Waals surface area contributed by atoms with Gasteiger partial charge in [0, 0.05) is 41.8 Å². The molecule has 2 saturated heterocycles. The van der Waals surface area contributed by atoms with E-state index in [2.05, 4.69) is 30.8 Å². The van der Waals surface area contributed by atoms with Crippen LogP contribution in [0.1, 0.15) is 25.7 Å². The van der Waals surface area contributed by atoms with Crippen molar-refractivity contribution < 1.29 is 9.18 Å². The largest absolute Gasteiger partial charge is 0.363 e. The lowest BCUT2D eigenvalue weighted by Crippen LogP contribution is -2.56. The van der Waals surface area contributed by atoms with E-state index in [-0.39, 0.29) is 23.8 Å². The number of nitrogens with zero attached hydrogens (tertiary/aromatic N) is 4. The summed E-state index contributed by atoms with van der Waals surface area (Å²) in [6.07, 6.45) is 7.23. The van der Waals surface area contributed by atoms with Crippen LogP contribution in [-0.2, 0) is 4.79 Å². The predicted molar refractivity (Wildman–Crippen MR) is 91.4 cm³/mol. The van der Waals surface area contributed by atoms with Crippen LogP contribution in [0, 0.1) is 11.7 Å². The lowest BCUT2D eigenvalue weighted by Gasteiger charge is -2.42. The Morgan fingerprint density at radius 1 is 1.21 bits per heavy atom. The van der Waals surface area contributed by atoms with Crippen molar-refractivity contribution >= 4 is 33.0 Å². The highest BCUT2D eigenvalue weighted by molar-refractivity contribution is 9.10. The maximum atomic E-state index is 14.6. The summed E-state index contributed by atoms with van der Waals surface area (Å²) in [7, 11) is 0. The molecule has 1 aliphatic carbocycles. The van der Waals surface area contributed by atoms with E-state index in [1.54, 1.807) is 4.52 Å². The first kappa shape index (κ1) is 14.7. The van der Waals surface area contributed by atoms with Crippen molar-refractivity contribution in [2.24, 2.45) is 5.92 Å². The van der Waals surface area contributed by atoms with Gasteiger partial charge in [0.05, 0.1) is 11.7 Å². The quantitative estimate of drug-likeness (QED) is 0.788. The molecule has 2 aliphatic heterocycles. The number of piperazine rings is 1. The molecule has 0 N–H and O–H groups in total. The highest BCUT2D eigenvalue weighted by Crippen LogP contribution is 2.40. The van der Waals surface area contributed by atoms with Gasteiger partial charge < -0.3 is 9.80 Å². The van der Waals surface area contributed by atoms with E-state index < -0.39 is 0 Å². The Morgan fingerprint density at radius 2 is 1.92 bits per heavy atom. The number of rotatable bonds is 2. The molecule has 24 heavy (non-hydrogen) atoms. The highest BCUT2D eigenvalue weighted by atomic mass is 79.9. The van der Waals surface area contributed by atoms with Crippen LogP contribution in [0.15, 0.2) is 22.9 Å². The summed E-state index contributed by atoms with van der Waals surface area (Å²) >= 11 is 3.44. The van der Waals surface area contributed by atoms with Gasteiger partial charge in [0.15, 0.2) is 5.82 Å². The molecule has 1 amide bonds. The molecule has 126 valence electrons. The minimum atomic E-state index is -0.297. The average molecular weight is 393 g/mol. The van der Waals surface area contributed by atoms with Crippen LogP contribution < -0.4 is 4.90 Å². The Morgan fingerprint density at radius 3 is 2.58 bits per heavy atom. The smallest absolute Gasteiger partial charge is 0.226 e. The van der Waals surface area contributed by atoms with Crippen LogP contribution in [0.5, 0.6) is 0 Å². The van der Waals surface area contributed by atoms with Crippen LogP contribution in [0.3, 0.4) is 0 Å². The number of carbonyl (C=O) groups is 1. The molecule has 0 aromatic carbocycles. The van der Waals surface area contributed by atoms with E-state index in [0.717, 1.165) is 35.7 Å². The molecule has 3 aliphatic rings. The number of halogens is 2. The van der Waals surface area contributed by atoms with Gasteiger partial charge in [-0.05, 0) is 47.7 Å². The van der Waals surface area contributed by atoms with Crippen LogP contribution in [0.25, 0.3) is 5.52 Å². The molecule has 2 unspecified atom stereocenters. The van der Waals surface area contributed by atoms with Gasteiger partial charge in [-0.1, -0.05) is 0 Å². The maximum absolute atomic E-state index is 14.6. The zero-order valence-electron chi connectivity index (χ0n) is 13.2. The molecule has 3 fully saturated rings. The van der Waals surface area contributed by atoms with Crippen LogP contribution in [0.2, 0.25) is 0 Å². The molecular formula is C17H18BrFN4O. The second kappa shape index (κ2) is 5.18. The fourth-order valence-corrected chi connectivity index (χ4v) is 4.70. The summed E-state index contributed by atoms with van der Waals surface area (Å²) < 4.78 is 17.2. The molecule has 0 radical (unpaired) electrons. The van der Waals surface area contributed by atoms with Crippen molar-refractivity contribution in [3.8, 4) is 0 Å². The topological polar surface area (TPSA) is 40.9 Å². The Hall–Kier alpha value is -1.63. The van der Waals surface area contributed by atoms with Crippen molar-refractivity contribution in [1.82, 2.24) is 14.5 Å². The first-order chi connectivity index (χ1) is 11.6. The summed E-state index contributed by atoms with van der Waals surface area (Å²) in [5.41, 5.74) is 1.37. The van der Waals surface area contributed by atoms with E-state index in [1.807, 2.05) is 12.3 Å². The molecule has 0 spiro atoms. The number of carbonyl (C=O) groups excluding carboxylic acids is 1. The maximum Gasteiger partial charge on any atom is 0.226 e. The van der Waals surface area contributed by atoms with Gasteiger partial charge in [-0.2, -0.15) is 5.10 Å². The molecule has 1 saturated carbocycles. The molecule has 5 nitrogen and oxygen atoms in total. The van der Waals surface area contributed by atoms with Gasteiger partial charge in [0.1, 0.15) is 5.69 Å². The third kappa shape index (κ3) is 2.17. The lowest BCUT2D eigenvalue weighted by molar-refractivity contribution is -0.135. The van der Waals surface area contributed by atoms with E-state index in [1.165, 1.54) is 6.20 Å². The average Bonchev–Trinajstić information content (AvgIpc) is 3.28. The third-order valence-corrected chi connectivity index (χ3v) is 5.94. The number of aromatic nitrogens is 2. The Labute approximate surface area is 147 Å². The monoisotopic (exact) mass is 392 g/mol. The van der Waals surface area contributed by atoms with Gasteiger partial charge in [-0.15, -0.1) is 0 Å². The number of hydrogen-bond acceptors (Lipinski definition) is 3. The fourth-order valence-electron chi connectivity index (χ4n) is 4.29. The zero-order chi connectivity index (χ0) is 16.4. The van der Waals surface area contributed by atoms with Gasteiger partial charge in [0.2, 0.25) is 5.91 Å². The molecular weight excluding hydrogens is 375 g/mol. The van der Waals surface area contributed by atoms with Crippen molar-refractivity contribution in [3.05, 3.63) is 28.7 Å². The second-order valence-corrected chi connectivity index (χ2v) is 8.05. The molecule has 2 aromatic rings. The summed E-state index contributed by atoms with van der Waals surface area (Å²) in [5, 5.41) is 4.11. The normalized spacial score (nSPS) is 26.4. The van der Waals surface area contributed by atoms with Gasteiger partial charge in [-0.3, -0.25) is 4.79 Å².